The van der Waals surface area contributed by atoms with Crippen molar-refractivity contribution in [3.05, 3.63) is 35.1 Å². The Kier molecular flexibility index (Phi) is 7.62. The van der Waals surface area contributed by atoms with Crippen LogP contribution in [0.15, 0.2) is 12.1 Å². The van der Waals surface area contributed by atoms with Gasteiger partial charge in [-0.15, -0.1) is 11.8 Å². The Morgan fingerprint density at radius 3 is 2.47 bits per heavy atom. The number of carboxylic acids is 1. The summed E-state index contributed by atoms with van der Waals surface area (Å²) in [6.07, 6.45) is -1.35. The Balaban J connectivity index is 2.19. The quantitative estimate of drug-likeness (QED) is 0.648. The van der Waals surface area contributed by atoms with Crippen LogP contribution in [0.4, 0.5) is 18.0 Å². The molecular formula is C19H23F3N2O5S. The molecule has 0 bridgehead atoms. The molecule has 0 aliphatic carbocycles. The normalized spacial score (nSPS) is 17.5. The van der Waals surface area contributed by atoms with Gasteiger partial charge in [-0.1, -0.05) is 0 Å². The molecule has 1 unspecified atom stereocenters. The number of alkyl carbamates (subject to hydrolysis) is 1. The van der Waals surface area contributed by atoms with E-state index in [1.165, 1.54) is 4.90 Å². The molecule has 0 spiro atoms. The molecule has 7 nitrogen and oxygen atoms in total. The zero-order chi connectivity index (χ0) is 22.6. The highest BCUT2D eigenvalue weighted by atomic mass is 32.2. The minimum absolute atomic E-state index is 0.173. The lowest BCUT2D eigenvalue weighted by molar-refractivity contribution is -0.145. The van der Waals surface area contributed by atoms with Crippen molar-refractivity contribution in [3.8, 4) is 0 Å². The number of amides is 2. The molecule has 2 amide bonds. The summed E-state index contributed by atoms with van der Waals surface area (Å²) in [5.41, 5.74) is -1.21. The zero-order valence-corrected chi connectivity index (χ0v) is 17.5. The van der Waals surface area contributed by atoms with Crippen LogP contribution in [0.2, 0.25) is 0 Å². The van der Waals surface area contributed by atoms with Gasteiger partial charge >= 0.3 is 12.1 Å². The second-order valence-electron chi connectivity index (χ2n) is 7.67. The molecule has 166 valence electrons. The highest BCUT2D eigenvalue weighted by molar-refractivity contribution is 8.00. The Morgan fingerprint density at radius 1 is 1.23 bits per heavy atom. The molecule has 1 aromatic carbocycles. The maximum absolute atomic E-state index is 14.3. The van der Waals surface area contributed by atoms with Crippen LogP contribution in [-0.2, 0) is 14.3 Å². The van der Waals surface area contributed by atoms with Crippen LogP contribution >= 0.6 is 11.8 Å². The number of carboxylic acid groups (broad SMARTS) is 1. The highest BCUT2D eigenvalue weighted by Gasteiger charge is 2.35. The third-order valence-electron chi connectivity index (χ3n) is 4.18. The monoisotopic (exact) mass is 448 g/mol. The highest BCUT2D eigenvalue weighted by Crippen LogP contribution is 2.28. The van der Waals surface area contributed by atoms with Crippen molar-refractivity contribution in [2.75, 3.05) is 12.3 Å². The summed E-state index contributed by atoms with van der Waals surface area (Å²) in [6.45, 7) is 5.07. The van der Waals surface area contributed by atoms with Gasteiger partial charge in [0.25, 0.3) is 0 Å². The minimum Gasteiger partial charge on any atom is -0.479 e. The van der Waals surface area contributed by atoms with Crippen molar-refractivity contribution < 1.29 is 37.4 Å². The molecule has 2 N–H and O–H groups in total. The lowest BCUT2D eigenvalue weighted by Crippen LogP contribution is -2.40. The van der Waals surface area contributed by atoms with Crippen LogP contribution in [0, 0.1) is 17.5 Å². The first-order valence-electron chi connectivity index (χ1n) is 9.17. The van der Waals surface area contributed by atoms with E-state index in [9.17, 15) is 32.7 Å². The molecular weight excluding hydrogens is 425 g/mol. The molecule has 2 rings (SSSR count). The molecule has 1 aliphatic heterocycles. The van der Waals surface area contributed by atoms with Crippen molar-refractivity contribution >= 4 is 29.7 Å². The Bertz CT molecular complexity index is 831. The van der Waals surface area contributed by atoms with Crippen molar-refractivity contribution in [2.24, 2.45) is 0 Å². The van der Waals surface area contributed by atoms with Gasteiger partial charge in [0.1, 0.15) is 11.4 Å². The Labute approximate surface area is 175 Å². The fraction of sp³-hybridized carbons (Fsp3) is 0.526. The first-order valence-corrected chi connectivity index (χ1v) is 10.2. The number of hydrogen-bond donors (Lipinski definition) is 2. The average molecular weight is 448 g/mol. The molecule has 0 saturated carbocycles. The number of halogens is 3. The number of nitrogens with zero attached hydrogens (tertiary/aromatic N) is 1. The smallest absolute Gasteiger partial charge is 0.408 e. The standard InChI is InChI=1S/C19H23F3N2O5S/c1-19(2,3)29-18(28)23-14(10-8-12(21)13(22)9-11(10)20)4-5-15(25)24-6-7-30-16(24)17(26)27/h8-9,14,16H,4-7H2,1-3H3,(H,23,28)(H,26,27)/t14?,16-/m1/s1. The van der Waals surface area contributed by atoms with Crippen molar-refractivity contribution in [1.82, 2.24) is 10.2 Å². The predicted molar refractivity (Wildman–Crippen MR) is 103 cm³/mol. The number of thioether (sulfide) groups is 1. The van der Waals surface area contributed by atoms with E-state index in [0.717, 1.165) is 11.8 Å². The summed E-state index contributed by atoms with van der Waals surface area (Å²) in [7, 11) is 0. The largest absolute Gasteiger partial charge is 0.479 e. The van der Waals surface area contributed by atoms with Crippen LogP contribution < -0.4 is 5.32 Å². The minimum atomic E-state index is -1.39. The second kappa shape index (κ2) is 9.59. The fourth-order valence-electron chi connectivity index (χ4n) is 2.90. The first-order chi connectivity index (χ1) is 13.9. The van der Waals surface area contributed by atoms with Crippen LogP contribution in [-0.4, -0.2) is 51.2 Å². The maximum atomic E-state index is 14.3. The summed E-state index contributed by atoms with van der Waals surface area (Å²) >= 11 is 1.11. The summed E-state index contributed by atoms with van der Waals surface area (Å²) in [5, 5.41) is 10.5. The van der Waals surface area contributed by atoms with Gasteiger partial charge in [-0.05, 0) is 33.3 Å². The van der Waals surface area contributed by atoms with E-state index in [1.807, 2.05) is 0 Å². The van der Waals surface area contributed by atoms with Gasteiger partial charge in [-0.2, -0.15) is 0 Å². The summed E-state index contributed by atoms with van der Waals surface area (Å²) < 4.78 is 46.4. The summed E-state index contributed by atoms with van der Waals surface area (Å²) in [5.74, 6) is -4.99. The molecule has 1 aliphatic rings. The van der Waals surface area contributed by atoms with Crippen LogP contribution in [0.25, 0.3) is 0 Å². The second-order valence-corrected chi connectivity index (χ2v) is 8.86. The number of nitrogens with one attached hydrogen (secondary N) is 1. The van der Waals surface area contributed by atoms with Crippen molar-refractivity contribution in [2.45, 2.75) is 50.6 Å². The number of hydrogen-bond acceptors (Lipinski definition) is 5. The lowest BCUT2D eigenvalue weighted by atomic mass is 10.0. The molecule has 1 saturated heterocycles. The van der Waals surface area contributed by atoms with E-state index in [-0.39, 0.29) is 24.9 Å². The van der Waals surface area contributed by atoms with Crippen molar-refractivity contribution in [3.63, 3.8) is 0 Å². The lowest BCUT2D eigenvalue weighted by Gasteiger charge is -2.25. The van der Waals surface area contributed by atoms with Gasteiger partial charge < -0.3 is 20.1 Å². The van der Waals surface area contributed by atoms with Gasteiger partial charge in [0.15, 0.2) is 17.0 Å². The average Bonchev–Trinajstić information content (AvgIpc) is 3.10. The van der Waals surface area contributed by atoms with Crippen LogP contribution in [0.5, 0.6) is 0 Å². The van der Waals surface area contributed by atoms with Gasteiger partial charge in [-0.3, -0.25) is 4.79 Å². The van der Waals surface area contributed by atoms with Gasteiger partial charge in [0.2, 0.25) is 5.91 Å². The van der Waals surface area contributed by atoms with Gasteiger partial charge in [0.05, 0.1) is 6.04 Å². The van der Waals surface area contributed by atoms with E-state index in [2.05, 4.69) is 5.32 Å². The third-order valence-corrected chi connectivity index (χ3v) is 5.37. The first kappa shape index (κ1) is 23.8. The van der Waals surface area contributed by atoms with E-state index in [1.54, 1.807) is 20.8 Å². The third kappa shape index (κ3) is 6.28. The van der Waals surface area contributed by atoms with Crippen LogP contribution in [0.3, 0.4) is 0 Å². The van der Waals surface area contributed by atoms with E-state index >= 15 is 0 Å². The van der Waals surface area contributed by atoms with Gasteiger partial charge in [0, 0.05) is 30.3 Å². The summed E-state index contributed by atoms with van der Waals surface area (Å²) in [4.78, 5) is 37.1. The predicted octanol–water partition coefficient (Wildman–Crippen LogP) is 3.44. The van der Waals surface area contributed by atoms with E-state index < -0.39 is 52.4 Å². The van der Waals surface area contributed by atoms with Crippen LogP contribution in [0.1, 0.15) is 45.2 Å². The maximum Gasteiger partial charge on any atom is 0.408 e. The number of benzene rings is 1. The number of ether oxygens (including phenoxy) is 1. The fourth-order valence-corrected chi connectivity index (χ4v) is 3.97. The molecule has 2 atom stereocenters. The van der Waals surface area contributed by atoms with Gasteiger partial charge in [-0.25, -0.2) is 22.8 Å². The number of carbonyl (C=O) groups excluding carboxylic acids is 2. The molecule has 0 aromatic heterocycles. The molecule has 30 heavy (non-hydrogen) atoms. The van der Waals surface area contributed by atoms with Crippen molar-refractivity contribution in [1.29, 1.82) is 0 Å². The topological polar surface area (TPSA) is 95.9 Å². The summed E-state index contributed by atoms with van der Waals surface area (Å²) in [6, 6.07) is -0.228. The number of carbonyl (C=O) groups is 3. The van der Waals surface area contributed by atoms with E-state index in [4.69, 9.17) is 4.74 Å². The Hall–Kier alpha value is -2.43. The molecule has 1 aromatic rings. The molecule has 1 heterocycles. The van der Waals surface area contributed by atoms with E-state index in [0.29, 0.717) is 17.9 Å². The number of rotatable bonds is 6. The Morgan fingerprint density at radius 2 is 1.87 bits per heavy atom. The molecule has 0 radical (unpaired) electrons. The zero-order valence-electron chi connectivity index (χ0n) is 16.7. The molecule has 1 fully saturated rings. The number of aliphatic carboxylic acids is 1. The molecule has 11 heteroatoms. The SMILES string of the molecule is CC(C)(C)OC(=O)NC(CCC(=O)N1CCS[C@@H]1C(=O)O)c1cc(F)c(F)cc1F.